The lowest BCUT2D eigenvalue weighted by atomic mass is 10.2. The summed E-state index contributed by atoms with van der Waals surface area (Å²) in [6.45, 7) is 0.239. The van der Waals surface area contributed by atoms with E-state index < -0.39 is 10.0 Å². The van der Waals surface area contributed by atoms with Gasteiger partial charge in [0.15, 0.2) is 0 Å². The highest BCUT2D eigenvalue weighted by molar-refractivity contribution is 9.10. The second kappa shape index (κ2) is 6.79. The fourth-order valence-corrected chi connectivity index (χ4v) is 2.51. The van der Waals surface area contributed by atoms with Crippen LogP contribution in [0.5, 0.6) is 0 Å². The molecule has 5 heteroatoms. The molecule has 0 N–H and O–H groups in total. The van der Waals surface area contributed by atoms with E-state index in [4.69, 9.17) is 0 Å². The second-order valence-corrected chi connectivity index (χ2v) is 7.32. The molecule has 0 saturated heterocycles. The molecule has 21 heavy (non-hydrogen) atoms. The Kier molecular flexibility index (Phi) is 5.05. The lowest BCUT2D eigenvalue weighted by Crippen LogP contribution is -2.24. The standard InChI is InChI=1S/C16H14BrNO2S/c1-21(19,20)18(13-15-5-3-2-4-6-15)12-11-14-7-9-16(17)10-8-14/h2-10H,13H2,1H3. The third-order valence-corrected chi connectivity index (χ3v) is 4.29. The number of sulfonamides is 1. The maximum Gasteiger partial charge on any atom is 0.239 e. The van der Waals surface area contributed by atoms with Crippen molar-refractivity contribution in [3.05, 3.63) is 70.2 Å². The van der Waals surface area contributed by atoms with Crippen molar-refractivity contribution in [2.45, 2.75) is 6.54 Å². The molecule has 0 aliphatic heterocycles. The summed E-state index contributed by atoms with van der Waals surface area (Å²) in [6, 6.07) is 19.5. The molecule has 2 rings (SSSR count). The highest BCUT2D eigenvalue weighted by atomic mass is 79.9. The fraction of sp³-hybridized carbons (Fsp3) is 0.125. The number of halogens is 1. The summed E-state index contributed by atoms with van der Waals surface area (Å²) in [4.78, 5) is 0. The Hall–Kier alpha value is -1.77. The van der Waals surface area contributed by atoms with Crippen LogP contribution < -0.4 is 0 Å². The Morgan fingerprint density at radius 3 is 2.24 bits per heavy atom. The largest absolute Gasteiger partial charge is 0.239 e. The van der Waals surface area contributed by atoms with Crippen LogP contribution in [-0.2, 0) is 16.6 Å². The van der Waals surface area contributed by atoms with Gasteiger partial charge in [-0.15, -0.1) is 0 Å². The first-order valence-corrected chi connectivity index (χ1v) is 8.88. The Labute approximate surface area is 133 Å². The summed E-state index contributed by atoms with van der Waals surface area (Å²) in [5, 5.41) is 0. The molecule has 0 spiro atoms. The van der Waals surface area contributed by atoms with E-state index in [9.17, 15) is 8.42 Å². The summed E-state index contributed by atoms with van der Waals surface area (Å²) < 4.78 is 25.8. The Morgan fingerprint density at radius 2 is 1.67 bits per heavy atom. The van der Waals surface area contributed by atoms with Crippen LogP contribution in [0.15, 0.2) is 59.1 Å². The van der Waals surface area contributed by atoms with Crippen molar-refractivity contribution < 1.29 is 8.42 Å². The van der Waals surface area contributed by atoms with Gasteiger partial charge in [-0.1, -0.05) is 46.3 Å². The Balaban J connectivity index is 2.24. The lowest BCUT2D eigenvalue weighted by molar-refractivity contribution is 0.515. The lowest BCUT2D eigenvalue weighted by Gasteiger charge is -2.14. The van der Waals surface area contributed by atoms with E-state index in [1.807, 2.05) is 54.6 Å². The van der Waals surface area contributed by atoms with Crippen LogP contribution in [0.25, 0.3) is 0 Å². The molecule has 2 aromatic rings. The smallest absolute Gasteiger partial charge is 0.224 e. The molecular weight excluding hydrogens is 350 g/mol. The third-order valence-electron chi connectivity index (χ3n) is 2.74. The van der Waals surface area contributed by atoms with E-state index in [1.54, 1.807) is 0 Å². The van der Waals surface area contributed by atoms with E-state index in [0.29, 0.717) is 0 Å². The minimum absolute atomic E-state index is 0.239. The molecule has 0 unspecified atom stereocenters. The zero-order valence-corrected chi connectivity index (χ0v) is 13.9. The molecule has 0 bridgehead atoms. The van der Waals surface area contributed by atoms with Gasteiger partial charge < -0.3 is 0 Å². The van der Waals surface area contributed by atoms with Gasteiger partial charge in [0.2, 0.25) is 10.0 Å². The van der Waals surface area contributed by atoms with Gasteiger partial charge in [-0.25, -0.2) is 12.7 Å². The van der Waals surface area contributed by atoms with Crippen LogP contribution >= 0.6 is 15.9 Å². The van der Waals surface area contributed by atoms with Crippen molar-refractivity contribution in [2.75, 3.05) is 6.26 Å². The molecule has 0 atom stereocenters. The van der Waals surface area contributed by atoms with E-state index in [0.717, 1.165) is 26.2 Å². The quantitative estimate of drug-likeness (QED) is 0.620. The fourth-order valence-electron chi connectivity index (χ4n) is 1.65. The first-order chi connectivity index (χ1) is 9.95. The zero-order chi connectivity index (χ0) is 15.3. The van der Waals surface area contributed by atoms with Crippen molar-refractivity contribution in [3.63, 3.8) is 0 Å². The number of hydrogen-bond acceptors (Lipinski definition) is 2. The third kappa shape index (κ3) is 4.92. The van der Waals surface area contributed by atoms with Crippen LogP contribution in [-0.4, -0.2) is 19.0 Å². The average Bonchev–Trinajstić information content (AvgIpc) is 2.45. The minimum atomic E-state index is -3.39. The Bertz CT molecular complexity index is 759. The van der Waals surface area contributed by atoms with Gasteiger partial charge in [-0.3, -0.25) is 0 Å². The molecule has 0 fully saturated rings. The molecule has 0 aliphatic rings. The SMILES string of the molecule is CS(=O)(=O)N(C#Cc1ccc(Br)cc1)Cc1ccccc1. The highest BCUT2D eigenvalue weighted by Crippen LogP contribution is 2.10. The van der Waals surface area contributed by atoms with Gasteiger partial charge >= 0.3 is 0 Å². The van der Waals surface area contributed by atoms with Crippen LogP contribution in [0.4, 0.5) is 0 Å². The van der Waals surface area contributed by atoms with Crippen LogP contribution in [0.3, 0.4) is 0 Å². The van der Waals surface area contributed by atoms with Gasteiger partial charge in [0, 0.05) is 16.1 Å². The van der Waals surface area contributed by atoms with E-state index in [-0.39, 0.29) is 6.54 Å². The normalized spacial score (nSPS) is 10.6. The Morgan fingerprint density at radius 1 is 1.05 bits per heavy atom. The minimum Gasteiger partial charge on any atom is -0.224 e. The maximum absolute atomic E-state index is 11.8. The van der Waals surface area contributed by atoms with Crippen LogP contribution in [0.2, 0.25) is 0 Å². The number of hydrogen-bond donors (Lipinski definition) is 0. The number of benzene rings is 2. The average molecular weight is 364 g/mol. The molecule has 0 aromatic heterocycles. The first kappa shape index (κ1) is 15.6. The van der Waals surface area contributed by atoms with Crippen molar-refractivity contribution in [1.29, 1.82) is 0 Å². The van der Waals surface area contributed by atoms with Crippen LogP contribution in [0, 0.1) is 12.0 Å². The molecule has 108 valence electrons. The van der Waals surface area contributed by atoms with E-state index in [2.05, 4.69) is 27.9 Å². The van der Waals surface area contributed by atoms with Gasteiger partial charge in [0.05, 0.1) is 12.8 Å². The predicted octanol–water partition coefficient (Wildman–Crippen LogP) is 3.22. The molecular formula is C16H14BrNO2S. The van der Waals surface area contributed by atoms with Gasteiger partial charge in [0.1, 0.15) is 0 Å². The monoisotopic (exact) mass is 363 g/mol. The zero-order valence-electron chi connectivity index (χ0n) is 11.5. The van der Waals surface area contributed by atoms with Gasteiger partial charge in [-0.2, -0.15) is 0 Å². The topological polar surface area (TPSA) is 37.4 Å². The van der Waals surface area contributed by atoms with Crippen molar-refractivity contribution in [2.24, 2.45) is 0 Å². The highest BCUT2D eigenvalue weighted by Gasteiger charge is 2.12. The second-order valence-electron chi connectivity index (χ2n) is 4.50. The molecule has 0 saturated carbocycles. The molecule has 0 heterocycles. The number of nitrogens with zero attached hydrogens (tertiary/aromatic N) is 1. The molecule has 0 amide bonds. The molecule has 2 aromatic carbocycles. The summed E-state index contributed by atoms with van der Waals surface area (Å²) in [5.41, 5.74) is 1.66. The molecule has 0 radical (unpaired) electrons. The van der Waals surface area contributed by atoms with E-state index >= 15 is 0 Å². The van der Waals surface area contributed by atoms with Crippen LogP contribution in [0.1, 0.15) is 11.1 Å². The molecule has 3 nitrogen and oxygen atoms in total. The van der Waals surface area contributed by atoms with Crippen molar-refractivity contribution in [3.8, 4) is 12.0 Å². The maximum atomic E-state index is 11.8. The first-order valence-electron chi connectivity index (χ1n) is 6.24. The molecule has 0 aliphatic carbocycles. The van der Waals surface area contributed by atoms with Gasteiger partial charge in [-0.05, 0) is 35.7 Å². The predicted molar refractivity (Wildman–Crippen MR) is 87.8 cm³/mol. The summed E-state index contributed by atoms with van der Waals surface area (Å²) in [7, 11) is -3.39. The summed E-state index contributed by atoms with van der Waals surface area (Å²) in [6.07, 6.45) is 1.16. The summed E-state index contributed by atoms with van der Waals surface area (Å²) in [5.74, 6) is 2.87. The van der Waals surface area contributed by atoms with Crippen molar-refractivity contribution >= 4 is 26.0 Å². The number of rotatable bonds is 3. The van der Waals surface area contributed by atoms with Crippen molar-refractivity contribution in [1.82, 2.24) is 4.31 Å². The van der Waals surface area contributed by atoms with E-state index in [1.165, 1.54) is 0 Å². The van der Waals surface area contributed by atoms with Gasteiger partial charge in [0.25, 0.3) is 0 Å². The summed E-state index contributed by atoms with van der Waals surface area (Å²) >= 11 is 3.35.